The first-order valence-electron chi connectivity index (χ1n) is 3.65. The van der Waals surface area contributed by atoms with Crippen LogP contribution in [0.2, 0.25) is 0 Å². The van der Waals surface area contributed by atoms with Gasteiger partial charge in [0.05, 0.1) is 5.70 Å². The van der Waals surface area contributed by atoms with Crippen molar-refractivity contribution in [1.82, 2.24) is 0 Å². The predicted molar refractivity (Wildman–Crippen MR) is 47.4 cm³/mol. The molecule has 0 aliphatic heterocycles. The van der Waals surface area contributed by atoms with Crippen LogP contribution in [0.3, 0.4) is 0 Å². The third kappa shape index (κ3) is 5.29. The molecule has 56 valence electrons. The molecule has 0 saturated carbocycles. The molecule has 0 bridgehead atoms. The third-order valence-electron chi connectivity index (χ3n) is 1.03. The summed E-state index contributed by atoms with van der Waals surface area (Å²) < 4.78 is 0. The number of aliphatic imine (C=N–C) groups is 1. The molecule has 0 aromatic rings. The van der Waals surface area contributed by atoms with Crippen molar-refractivity contribution in [3.8, 4) is 0 Å². The standard InChI is InChI=1S/C9H15N/c1-4-6-8-10-9(3)7-5-2/h5,7-8H,3-4,6H2,1-2H3/b7-5-,10-8?. The number of nitrogens with zero attached hydrogens (tertiary/aromatic N) is 1. The molecule has 0 radical (unpaired) electrons. The summed E-state index contributed by atoms with van der Waals surface area (Å²) in [6.45, 7) is 7.82. The molecule has 0 aromatic carbocycles. The molecular weight excluding hydrogens is 122 g/mol. The van der Waals surface area contributed by atoms with Crippen LogP contribution < -0.4 is 0 Å². The van der Waals surface area contributed by atoms with Crippen molar-refractivity contribution < 1.29 is 0 Å². The smallest absolute Gasteiger partial charge is 0.0550 e. The van der Waals surface area contributed by atoms with Crippen molar-refractivity contribution >= 4 is 6.21 Å². The van der Waals surface area contributed by atoms with Gasteiger partial charge in [0, 0.05) is 6.21 Å². The second-order valence-electron chi connectivity index (χ2n) is 2.09. The highest BCUT2D eigenvalue weighted by atomic mass is 14.7. The molecule has 0 N–H and O–H groups in total. The molecule has 0 fully saturated rings. The van der Waals surface area contributed by atoms with E-state index in [1.54, 1.807) is 0 Å². The van der Waals surface area contributed by atoms with Crippen molar-refractivity contribution in [3.63, 3.8) is 0 Å². The fraction of sp³-hybridized carbons (Fsp3) is 0.444. The van der Waals surface area contributed by atoms with E-state index in [1.807, 2.05) is 25.3 Å². The van der Waals surface area contributed by atoms with E-state index >= 15 is 0 Å². The molecule has 0 aromatic heterocycles. The molecule has 1 heteroatoms. The Bertz CT molecular complexity index is 143. The lowest BCUT2D eigenvalue weighted by atomic mass is 10.3. The summed E-state index contributed by atoms with van der Waals surface area (Å²) in [4.78, 5) is 4.10. The maximum atomic E-state index is 4.10. The quantitative estimate of drug-likeness (QED) is 0.417. The number of hydrogen-bond acceptors (Lipinski definition) is 1. The first-order valence-corrected chi connectivity index (χ1v) is 3.65. The van der Waals surface area contributed by atoms with Gasteiger partial charge in [0.1, 0.15) is 0 Å². The summed E-state index contributed by atoms with van der Waals surface area (Å²) in [5, 5.41) is 0. The summed E-state index contributed by atoms with van der Waals surface area (Å²) in [5.41, 5.74) is 0.830. The molecule has 0 unspecified atom stereocenters. The molecule has 1 nitrogen and oxygen atoms in total. The van der Waals surface area contributed by atoms with Crippen LogP contribution >= 0.6 is 0 Å². The lowest BCUT2D eigenvalue weighted by Gasteiger charge is -1.87. The normalized spacial score (nSPS) is 11.4. The SMILES string of the molecule is C=C(/C=C\C)N=CCCC. The maximum absolute atomic E-state index is 4.10. The largest absolute Gasteiger partial charge is 0.262 e. The molecule has 0 aliphatic carbocycles. The Hall–Kier alpha value is -0.850. The second kappa shape index (κ2) is 6.27. The van der Waals surface area contributed by atoms with E-state index in [2.05, 4.69) is 18.5 Å². The van der Waals surface area contributed by atoms with Gasteiger partial charge in [0.2, 0.25) is 0 Å². The van der Waals surface area contributed by atoms with Crippen LogP contribution in [0.1, 0.15) is 26.7 Å². The fourth-order valence-electron chi connectivity index (χ4n) is 0.546. The fourth-order valence-corrected chi connectivity index (χ4v) is 0.546. The molecule has 0 atom stereocenters. The number of hydrogen-bond donors (Lipinski definition) is 0. The van der Waals surface area contributed by atoms with Gasteiger partial charge in [-0.05, 0) is 19.4 Å². The molecule has 0 rings (SSSR count). The van der Waals surface area contributed by atoms with Gasteiger partial charge in [-0.1, -0.05) is 26.0 Å². The molecule has 0 amide bonds. The van der Waals surface area contributed by atoms with Gasteiger partial charge < -0.3 is 0 Å². The van der Waals surface area contributed by atoms with Crippen molar-refractivity contribution in [2.75, 3.05) is 0 Å². The van der Waals surface area contributed by atoms with Crippen LogP contribution in [0.15, 0.2) is 29.4 Å². The van der Waals surface area contributed by atoms with Gasteiger partial charge in [-0.3, -0.25) is 4.99 Å². The van der Waals surface area contributed by atoms with Crippen LogP contribution in [0.5, 0.6) is 0 Å². The van der Waals surface area contributed by atoms with E-state index in [9.17, 15) is 0 Å². The average molecular weight is 137 g/mol. The first kappa shape index (κ1) is 9.15. The van der Waals surface area contributed by atoms with Crippen molar-refractivity contribution in [1.29, 1.82) is 0 Å². The van der Waals surface area contributed by atoms with E-state index in [4.69, 9.17) is 0 Å². The zero-order valence-corrected chi connectivity index (χ0v) is 6.80. The van der Waals surface area contributed by atoms with E-state index in [0.717, 1.165) is 18.5 Å². The minimum absolute atomic E-state index is 0.830. The van der Waals surface area contributed by atoms with Crippen LogP contribution in [-0.2, 0) is 0 Å². The Morgan fingerprint density at radius 3 is 2.80 bits per heavy atom. The van der Waals surface area contributed by atoms with Gasteiger partial charge in [-0.15, -0.1) is 0 Å². The van der Waals surface area contributed by atoms with Gasteiger partial charge in [0.25, 0.3) is 0 Å². The predicted octanol–water partition coefficient (Wildman–Crippen LogP) is 2.95. The molecule has 0 heterocycles. The zero-order chi connectivity index (χ0) is 7.82. The Labute approximate surface area is 63.2 Å². The van der Waals surface area contributed by atoms with Crippen molar-refractivity contribution in [2.24, 2.45) is 4.99 Å². The summed E-state index contributed by atoms with van der Waals surface area (Å²) in [6, 6.07) is 0. The third-order valence-corrected chi connectivity index (χ3v) is 1.03. The van der Waals surface area contributed by atoms with E-state index in [0.29, 0.717) is 0 Å². The van der Waals surface area contributed by atoms with Crippen LogP contribution in [0.25, 0.3) is 0 Å². The lowest BCUT2D eigenvalue weighted by Crippen LogP contribution is -1.73. The van der Waals surface area contributed by atoms with Gasteiger partial charge in [-0.2, -0.15) is 0 Å². The summed E-state index contributed by atoms with van der Waals surface area (Å²) in [6.07, 6.45) is 7.92. The van der Waals surface area contributed by atoms with Gasteiger partial charge >= 0.3 is 0 Å². The van der Waals surface area contributed by atoms with E-state index < -0.39 is 0 Å². The van der Waals surface area contributed by atoms with E-state index in [-0.39, 0.29) is 0 Å². The number of allylic oxidation sites excluding steroid dienone is 2. The monoisotopic (exact) mass is 137 g/mol. The number of unbranched alkanes of at least 4 members (excludes halogenated alkanes) is 1. The van der Waals surface area contributed by atoms with Gasteiger partial charge in [0.15, 0.2) is 0 Å². The summed E-state index contributed by atoms with van der Waals surface area (Å²) in [5.74, 6) is 0. The summed E-state index contributed by atoms with van der Waals surface area (Å²) >= 11 is 0. The number of rotatable bonds is 4. The lowest BCUT2D eigenvalue weighted by molar-refractivity contribution is 1.01. The van der Waals surface area contributed by atoms with E-state index in [1.165, 1.54) is 0 Å². The zero-order valence-electron chi connectivity index (χ0n) is 6.80. The molecule has 10 heavy (non-hydrogen) atoms. The molecule has 0 aliphatic rings. The van der Waals surface area contributed by atoms with Crippen LogP contribution in [0, 0.1) is 0 Å². The molecule has 0 saturated heterocycles. The first-order chi connectivity index (χ1) is 4.81. The van der Waals surface area contributed by atoms with Crippen LogP contribution in [-0.4, -0.2) is 6.21 Å². The van der Waals surface area contributed by atoms with Crippen molar-refractivity contribution in [2.45, 2.75) is 26.7 Å². The van der Waals surface area contributed by atoms with Crippen molar-refractivity contribution in [3.05, 3.63) is 24.4 Å². The minimum Gasteiger partial charge on any atom is -0.262 e. The minimum atomic E-state index is 0.830. The Morgan fingerprint density at radius 1 is 1.60 bits per heavy atom. The van der Waals surface area contributed by atoms with Crippen LogP contribution in [0.4, 0.5) is 0 Å². The molecular formula is C9H15N. The topological polar surface area (TPSA) is 12.4 Å². The Kier molecular flexibility index (Phi) is 5.74. The average Bonchev–Trinajstić information content (AvgIpc) is 1.89. The van der Waals surface area contributed by atoms with Gasteiger partial charge in [-0.25, -0.2) is 0 Å². The Balaban J connectivity index is 3.56. The molecule has 0 spiro atoms. The maximum Gasteiger partial charge on any atom is 0.0550 e. The highest BCUT2D eigenvalue weighted by molar-refractivity contribution is 5.59. The summed E-state index contributed by atoms with van der Waals surface area (Å²) in [7, 11) is 0. The second-order valence-corrected chi connectivity index (χ2v) is 2.09. The highest BCUT2D eigenvalue weighted by Crippen LogP contribution is 1.93. The Morgan fingerprint density at radius 2 is 2.30 bits per heavy atom. The highest BCUT2D eigenvalue weighted by Gasteiger charge is 1.77.